The first kappa shape index (κ1) is 17.9. The first-order valence-electron chi connectivity index (χ1n) is 7.34. The molecule has 1 rings (SSSR count). The van der Waals surface area contributed by atoms with E-state index in [9.17, 15) is 14.7 Å². The zero-order valence-corrected chi connectivity index (χ0v) is 12.9. The van der Waals surface area contributed by atoms with Gasteiger partial charge in [0.2, 0.25) is 5.91 Å². The van der Waals surface area contributed by atoms with Gasteiger partial charge in [-0.2, -0.15) is 0 Å². The standard InChI is InChI=1S/C17H23NO4/c1-12(2)11-15(17(20)21)14(16(19)18-22)10-6-9-13-7-4-3-5-8-13/h3-9,12,14-15,22H,10-11H2,1-2H3,(H,18,19)(H,20,21)/b9-6+/t14-,15+/m0/s1. The van der Waals surface area contributed by atoms with Gasteiger partial charge in [0, 0.05) is 0 Å². The summed E-state index contributed by atoms with van der Waals surface area (Å²) in [7, 11) is 0. The third-order valence-electron chi connectivity index (χ3n) is 3.48. The smallest absolute Gasteiger partial charge is 0.307 e. The highest BCUT2D eigenvalue weighted by Crippen LogP contribution is 2.25. The number of nitrogens with one attached hydrogen (secondary N) is 1. The number of hydroxylamine groups is 1. The predicted octanol–water partition coefficient (Wildman–Crippen LogP) is 2.96. The van der Waals surface area contributed by atoms with E-state index in [1.807, 2.05) is 50.3 Å². The van der Waals surface area contributed by atoms with Crippen molar-refractivity contribution in [3.05, 3.63) is 42.0 Å². The molecule has 3 N–H and O–H groups in total. The molecule has 1 amide bonds. The van der Waals surface area contributed by atoms with E-state index in [0.717, 1.165) is 5.56 Å². The van der Waals surface area contributed by atoms with E-state index in [4.69, 9.17) is 5.21 Å². The number of carbonyl (C=O) groups excluding carboxylic acids is 1. The van der Waals surface area contributed by atoms with Crippen molar-refractivity contribution in [1.82, 2.24) is 5.48 Å². The molecule has 0 spiro atoms. The van der Waals surface area contributed by atoms with E-state index in [1.54, 1.807) is 11.6 Å². The Hall–Kier alpha value is -2.14. The van der Waals surface area contributed by atoms with Crippen LogP contribution in [0.2, 0.25) is 0 Å². The van der Waals surface area contributed by atoms with Crippen LogP contribution in [0.25, 0.3) is 6.08 Å². The van der Waals surface area contributed by atoms with Crippen LogP contribution in [0.4, 0.5) is 0 Å². The monoisotopic (exact) mass is 305 g/mol. The van der Waals surface area contributed by atoms with Crippen LogP contribution in [-0.2, 0) is 9.59 Å². The fraction of sp³-hybridized carbons (Fsp3) is 0.412. The van der Waals surface area contributed by atoms with Crippen molar-refractivity contribution in [2.45, 2.75) is 26.7 Å². The van der Waals surface area contributed by atoms with Gasteiger partial charge in [0.1, 0.15) is 0 Å². The lowest BCUT2D eigenvalue weighted by molar-refractivity contribution is -0.150. The highest BCUT2D eigenvalue weighted by molar-refractivity contribution is 5.84. The second-order valence-electron chi connectivity index (χ2n) is 5.71. The molecule has 2 atom stereocenters. The predicted molar refractivity (Wildman–Crippen MR) is 84.1 cm³/mol. The molecule has 1 aromatic rings. The average molecular weight is 305 g/mol. The topological polar surface area (TPSA) is 86.6 Å². The number of amides is 1. The lowest BCUT2D eigenvalue weighted by Crippen LogP contribution is -2.37. The van der Waals surface area contributed by atoms with Gasteiger partial charge in [-0.1, -0.05) is 56.3 Å². The second kappa shape index (κ2) is 9.00. The fourth-order valence-electron chi connectivity index (χ4n) is 2.40. The Morgan fingerprint density at radius 2 is 1.82 bits per heavy atom. The molecule has 0 saturated carbocycles. The molecule has 1 aromatic carbocycles. The van der Waals surface area contributed by atoms with Gasteiger partial charge >= 0.3 is 5.97 Å². The molecule has 0 heterocycles. The molecule has 5 nitrogen and oxygen atoms in total. The van der Waals surface area contributed by atoms with Crippen molar-refractivity contribution in [3.8, 4) is 0 Å². The van der Waals surface area contributed by atoms with Gasteiger partial charge in [-0.05, 0) is 24.3 Å². The Kier molecular flexibility index (Phi) is 7.32. The normalized spacial score (nSPS) is 14.0. The molecule has 0 aliphatic rings. The Morgan fingerprint density at radius 1 is 1.18 bits per heavy atom. The molecule has 0 bridgehead atoms. The van der Waals surface area contributed by atoms with Crippen LogP contribution in [0.3, 0.4) is 0 Å². The minimum Gasteiger partial charge on any atom is -0.481 e. The first-order valence-corrected chi connectivity index (χ1v) is 7.34. The largest absolute Gasteiger partial charge is 0.481 e. The number of carboxylic acid groups (broad SMARTS) is 1. The quantitative estimate of drug-likeness (QED) is 0.509. The first-order chi connectivity index (χ1) is 10.5. The number of allylic oxidation sites excluding steroid dienone is 1. The van der Waals surface area contributed by atoms with E-state index in [0.29, 0.717) is 6.42 Å². The van der Waals surface area contributed by atoms with Crippen molar-refractivity contribution in [3.63, 3.8) is 0 Å². The molecule has 0 saturated heterocycles. The summed E-state index contributed by atoms with van der Waals surface area (Å²) in [6.07, 6.45) is 4.25. The molecule has 0 fully saturated rings. The van der Waals surface area contributed by atoms with Gasteiger partial charge in [0.15, 0.2) is 0 Å². The molecule has 120 valence electrons. The number of hydrogen-bond donors (Lipinski definition) is 3. The van der Waals surface area contributed by atoms with Gasteiger partial charge in [0.05, 0.1) is 11.8 Å². The summed E-state index contributed by atoms with van der Waals surface area (Å²) in [4.78, 5) is 23.3. The van der Waals surface area contributed by atoms with E-state index in [2.05, 4.69) is 0 Å². The summed E-state index contributed by atoms with van der Waals surface area (Å²) in [6, 6.07) is 9.54. The summed E-state index contributed by atoms with van der Waals surface area (Å²) in [5, 5.41) is 18.2. The Balaban J connectivity index is 2.85. The van der Waals surface area contributed by atoms with E-state index in [1.165, 1.54) is 0 Å². The van der Waals surface area contributed by atoms with Crippen LogP contribution in [0.5, 0.6) is 0 Å². The number of carbonyl (C=O) groups is 2. The Morgan fingerprint density at radius 3 is 2.32 bits per heavy atom. The Labute approximate surface area is 130 Å². The average Bonchev–Trinajstić information content (AvgIpc) is 2.49. The number of hydrogen-bond acceptors (Lipinski definition) is 3. The number of aliphatic carboxylic acids is 1. The molecule has 0 unspecified atom stereocenters. The third-order valence-corrected chi connectivity index (χ3v) is 3.48. The van der Waals surface area contributed by atoms with Crippen LogP contribution < -0.4 is 5.48 Å². The lowest BCUT2D eigenvalue weighted by atomic mass is 9.82. The fourth-order valence-corrected chi connectivity index (χ4v) is 2.40. The van der Waals surface area contributed by atoms with Crippen LogP contribution in [0.15, 0.2) is 36.4 Å². The highest BCUT2D eigenvalue weighted by Gasteiger charge is 2.33. The van der Waals surface area contributed by atoms with Crippen molar-refractivity contribution < 1.29 is 19.9 Å². The second-order valence-corrected chi connectivity index (χ2v) is 5.71. The summed E-state index contributed by atoms with van der Waals surface area (Å²) in [5.41, 5.74) is 2.56. The molecule has 0 radical (unpaired) electrons. The highest BCUT2D eigenvalue weighted by atomic mass is 16.5. The summed E-state index contributed by atoms with van der Waals surface area (Å²) in [5.74, 6) is -3.16. The van der Waals surface area contributed by atoms with Crippen LogP contribution in [0.1, 0.15) is 32.3 Å². The molecule has 0 aliphatic carbocycles. The molecular weight excluding hydrogens is 282 g/mol. The summed E-state index contributed by atoms with van der Waals surface area (Å²) >= 11 is 0. The Bertz CT molecular complexity index is 511. The van der Waals surface area contributed by atoms with E-state index >= 15 is 0 Å². The van der Waals surface area contributed by atoms with Gasteiger partial charge in [-0.25, -0.2) is 5.48 Å². The minimum absolute atomic E-state index is 0.146. The van der Waals surface area contributed by atoms with Gasteiger partial charge in [-0.3, -0.25) is 14.8 Å². The van der Waals surface area contributed by atoms with E-state index < -0.39 is 23.7 Å². The molecule has 0 aromatic heterocycles. The van der Waals surface area contributed by atoms with Gasteiger partial charge in [0.25, 0.3) is 0 Å². The number of carboxylic acids is 1. The van der Waals surface area contributed by atoms with Gasteiger partial charge in [-0.15, -0.1) is 0 Å². The minimum atomic E-state index is -1.02. The van der Waals surface area contributed by atoms with Gasteiger partial charge < -0.3 is 5.11 Å². The maximum Gasteiger partial charge on any atom is 0.307 e. The zero-order chi connectivity index (χ0) is 16.5. The van der Waals surface area contributed by atoms with Crippen LogP contribution in [0, 0.1) is 17.8 Å². The molecular formula is C17H23NO4. The molecule has 5 heteroatoms. The van der Waals surface area contributed by atoms with Crippen LogP contribution >= 0.6 is 0 Å². The molecule has 0 aliphatic heterocycles. The number of benzene rings is 1. The van der Waals surface area contributed by atoms with E-state index in [-0.39, 0.29) is 12.3 Å². The summed E-state index contributed by atoms with van der Waals surface area (Å²) < 4.78 is 0. The molecule has 22 heavy (non-hydrogen) atoms. The zero-order valence-electron chi connectivity index (χ0n) is 12.9. The SMILES string of the molecule is CC(C)C[C@@H](C(=O)O)[C@H](C/C=C/c1ccccc1)C(=O)NO. The van der Waals surface area contributed by atoms with Crippen molar-refractivity contribution >= 4 is 18.0 Å². The summed E-state index contributed by atoms with van der Waals surface area (Å²) in [6.45, 7) is 3.81. The van der Waals surface area contributed by atoms with Crippen molar-refractivity contribution in [1.29, 1.82) is 0 Å². The van der Waals surface area contributed by atoms with Crippen molar-refractivity contribution in [2.75, 3.05) is 0 Å². The number of rotatable bonds is 8. The third kappa shape index (κ3) is 5.69. The lowest BCUT2D eigenvalue weighted by Gasteiger charge is -2.22. The van der Waals surface area contributed by atoms with Crippen molar-refractivity contribution in [2.24, 2.45) is 17.8 Å². The maximum absolute atomic E-state index is 11.8. The van der Waals surface area contributed by atoms with Crippen LogP contribution in [-0.4, -0.2) is 22.2 Å². The maximum atomic E-state index is 11.8.